The topological polar surface area (TPSA) is 49.7 Å². The number of aryl methyl sites for hydroxylation is 1. The molecule has 3 aromatic rings. The number of hydrogen-bond acceptors (Lipinski definition) is 4. The van der Waals surface area contributed by atoms with Crippen LogP contribution in [0.2, 0.25) is 0 Å². The average Bonchev–Trinajstić information content (AvgIpc) is 2.92. The van der Waals surface area contributed by atoms with Crippen molar-refractivity contribution in [3.63, 3.8) is 0 Å². The van der Waals surface area contributed by atoms with E-state index in [0.717, 1.165) is 47.9 Å². The van der Waals surface area contributed by atoms with E-state index >= 15 is 0 Å². The monoisotopic (exact) mass is 521 g/mol. The Bertz CT molecular complexity index is 1150. The van der Waals surface area contributed by atoms with Gasteiger partial charge in [0.05, 0.1) is 18.2 Å². The Kier molecular flexibility index (Phi) is 12.5. The van der Waals surface area contributed by atoms with Gasteiger partial charge in [-0.1, -0.05) is 95.5 Å². The van der Waals surface area contributed by atoms with Crippen LogP contribution in [0.15, 0.2) is 53.3 Å². The van der Waals surface area contributed by atoms with Gasteiger partial charge in [0.2, 0.25) is 5.75 Å². The highest BCUT2D eigenvalue weighted by Gasteiger charge is 2.21. The van der Waals surface area contributed by atoms with Crippen LogP contribution in [0.5, 0.6) is 17.2 Å². The van der Waals surface area contributed by atoms with Gasteiger partial charge in [0.15, 0.2) is 5.75 Å². The third-order valence-electron chi connectivity index (χ3n) is 6.73. The van der Waals surface area contributed by atoms with Gasteiger partial charge in [0.25, 0.3) is 5.56 Å². The second kappa shape index (κ2) is 16.1. The van der Waals surface area contributed by atoms with E-state index in [1.165, 1.54) is 38.5 Å². The number of fused-ring (bicyclic) bond motifs is 1. The first-order valence-electron chi connectivity index (χ1n) is 14.7. The Morgan fingerprint density at radius 1 is 0.763 bits per heavy atom. The highest BCUT2D eigenvalue weighted by atomic mass is 16.5. The van der Waals surface area contributed by atoms with Crippen LogP contribution in [-0.4, -0.2) is 17.3 Å². The van der Waals surface area contributed by atoms with Crippen LogP contribution in [0.3, 0.4) is 0 Å². The van der Waals surface area contributed by atoms with Gasteiger partial charge in [-0.25, -0.2) is 0 Å². The molecule has 5 nitrogen and oxygen atoms in total. The summed E-state index contributed by atoms with van der Waals surface area (Å²) in [5.74, 6) is 1.62. The minimum absolute atomic E-state index is 0.122. The van der Waals surface area contributed by atoms with Crippen LogP contribution < -0.4 is 19.8 Å². The maximum atomic E-state index is 13.8. The molecule has 0 saturated heterocycles. The maximum absolute atomic E-state index is 13.8. The predicted octanol–water partition coefficient (Wildman–Crippen LogP) is 8.69. The first kappa shape index (κ1) is 29.6. The fourth-order valence-corrected chi connectivity index (χ4v) is 4.67. The molecular weight excluding hydrogens is 474 g/mol. The largest absolute Gasteiger partial charge is 0.489 e. The zero-order chi connectivity index (χ0) is 27.2. The minimum Gasteiger partial charge on any atom is -0.489 e. The molecule has 0 bridgehead atoms. The predicted molar refractivity (Wildman–Crippen MR) is 158 cm³/mol. The van der Waals surface area contributed by atoms with E-state index in [1.54, 1.807) is 0 Å². The summed E-state index contributed by atoms with van der Waals surface area (Å²) in [5.41, 5.74) is 1.83. The van der Waals surface area contributed by atoms with Crippen molar-refractivity contribution in [2.75, 3.05) is 6.61 Å². The summed E-state index contributed by atoms with van der Waals surface area (Å²) < 4.78 is 20.4. The van der Waals surface area contributed by atoms with E-state index in [4.69, 9.17) is 14.2 Å². The molecule has 0 unspecified atom stereocenters. The zero-order valence-electron chi connectivity index (χ0n) is 24.0. The Balaban J connectivity index is 1.95. The van der Waals surface area contributed by atoms with Gasteiger partial charge in [-0.05, 0) is 44.4 Å². The van der Waals surface area contributed by atoms with E-state index in [9.17, 15) is 4.79 Å². The smallest absolute Gasteiger partial charge is 0.297 e. The number of rotatable bonds is 18. The van der Waals surface area contributed by atoms with Crippen LogP contribution >= 0.6 is 0 Å². The van der Waals surface area contributed by atoms with E-state index in [1.807, 2.05) is 54.8 Å². The summed E-state index contributed by atoms with van der Waals surface area (Å²) in [6, 6.07) is 16.1. The van der Waals surface area contributed by atoms with E-state index in [2.05, 4.69) is 26.0 Å². The number of aromatic nitrogens is 1. The molecule has 0 aliphatic carbocycles. The zero-order valence-corrected chi connectivity index (χ0v) is 24.0. The molecule has 0 N–H and O–H groups in total. The molecule has 0 aliphatic rings. The summed E-state index contributed by atoms with van der Waals surface area (Å²) in [4.78, 5) is 13.8. The Hall–Kier alpha value is -2.95. The van der Waals surface area contributed by atoms with Gasteiger partial charge < -0.3 is 18.8 Å². The van der Waals surface area contributed by atoms with Crippen molar-refractivity contribution in [1.82, 2.24) is 4.57 Å². The second-order valence-corrected chi connectivity index (χ2v) is 10.4. The van der Waals surface area contributed by atoms with Gasteiger partial charge in [-0.15, -0.1) is 0 Å². The van der Waals surface area contributed by atoms with Crippen molar-refractivity contribution in [3.05, 3.63) is 64.4 Å². The van der Waals surface area contributed by atoms with Crippen molar-refractivity contribution >= 4 is 10.9 Å². The second-order valence-electron chi connectivity index (χ2n) is 10.4. The van der Waals surface area contributed by atoms with E-state index in [0.29, 0.717) is 31.3 Å². The number of unbranched alkanes of at least 4 members (excludes halogenated alkanes) is 8. The third kappa shape index (κ3) is 8.82. The molecule has 0 saturated carbocycles. The fraction of sp³-hybridized carbons (Fsp3) is 0.545. The molecule has 38 heavy (non-hydrogen) atoms. The summed E-state index contributed by atoms with van der Waals surface area (Å²) in [6.45, 7) is 10.0. The lowest BCUT2D eigenvalue weighted by Gasteiger charge is -2.20. The molecule has 5 heteroatoms. The van der Waals surface area contributed by atoms with Crippen LogP contribution in [-0.2, 0) is 13.2 Å². The minimum atomic E-state index is -0.126. The van der Waals surface area contributed by atoms with Gasteiger partial charge in [-0.3, -0.25) is 4.79 Å². The van der Waals surface area contributed by atoms with Gasteiger partial charge in [0.1, 0.15) is 12.4 Å². The number of pyridine rings is 1. The van der Waals surface area contributed by atoms with Crippen LogP contribution in [0.25, 0.3) is 10.9 Å². The molecule has 1 heterocycles. The molecule has 1 aromatic heterocycles. The third-order valence-corrected chi connectivity index (χ3v) is 6.73. The molecule has 0 radical (unpaired) electrons. The Labute approximate surface area is 229 Å². The quantitative estimate of drug-likeness (QED) is 0.157. The van der Waals surface area contributed by atoms with Crippen molar-refractivity contribution in [1.29, 1.82) is 0 Å². The summed E-state index contributed by atoms with van der Waals surface area (Å²) in [5, 5.41) is 0.897. The van der Waals surface area contributed by atoms with Crippen molar-refractivity contribution < 1.29 is 14.2 Å². The van der Waals surface area contributed by atoms with Crippen molar-refractivity contribution in [3.8, 4) is 17.2 Å². The first-order chi connectivity index (χ1) is 18.5. The maximum Gasteiger partial charge on any atom is 0.297 e. The van der Waals surface area contributed by atoms with Gasteiger partial charge in [-0.2, -0.15) is 0 Å². The molecular formula is C33H47NO4. The van der Waals surface area contributed by atoms with Crippen LogP contribution in [0, 0.1) is 0 Å². The highest BCUT2D eigenvalue weighted by Crippen LogP contribution is 2.36. The fourth-order valence-electron chi connectivity index (χ4n) is 4.67. The Morgan fingerprint density at radius 3 is 2.16 bits per heavy atom. The normalized spacial score (nSPS) is 11.3. The molecule has 2 aromatic carbocycles. The molecule has 208 valence electrons. The lowest BCUT2D eigenvalue weighted by atomic mass is 10.1. The number of ether oxygens (including phenoxy) is 3. The average molecular weight is 522 g/mol. The van der Waals surface area contributed by atoms with Crippen molar-refractivity contribution in [2.24, 2.45) is 0 Å². The molecule has 0 amide bonds. The number of hydrogen-bond donors (Lipinski definition) is 0. The van der Waals surface area contributed by atoms with Gasteiger partial charge >= 0.3 is 0 Å². The van der Waals surface area contributed by atoms with Gasteiger partial charge in [0, 0.05) is 18.0 Å². The summed E-state index contributed by atoms with van der Waals surface area (Å²) >= 11 is 0. The summed E-state index contributed by atoms with van der Waals surface area (Å²) in [7, 11) is 0. The standard InChI is InChI=1S/C33H47NO4/c1-5-7-9-11-12-16-22-34-30-24-28(37-25-27-18-14-13-15-19-27)20-21-29(30)31(36-23-17-10-8-6-2)32(33(34)35)38-26(3)4/h13-15,18-21,24,26H,5-12,16-17,22-23,25H2,1-4H3. The highest BCUT2D eigenvalue weighted by molar-refractivity contribution is 5.89. The molecule has 0 spiro atoms. The Morgan fingerprint density at radius 2 is 1.45 bits per heavy atom. The molecule has 0 atom stereocenters. The van der Waals surface area contributed by atoms with Crippen LogP contribution in [0.4, 0.5) is 0 Å². The van der Waals surface area contributed by atoms with Crippen molar-refractivity contribution in [2.45, 2.75) is 111 Å². The van der Waals surface area contributed by atoms with Crippen LogP contribution in [0.1, 0.15) is 97.5 Å². The molecule has 0 aliphatic heterocycles. The van der Waals surface area contributed by atoms with E-state index < -0.39 is 0 Å². The first-order valence-corrected chi connectivity index (χ1v) is 14.7. The van der Waals surface area contributed by atoms with E-state index in [-0.39, 0.29) is 11.7 Å². The lowest BCUT2D eigenvalue weighted by Crippen LogP contribution is -2.25. The lowest BCUT2D eigenvalue weighted by molar-refractivity contribution is 0.216. The SMILES string of the molecule is CCCCCCCCn1c(=O)c(OC(C)C)c(OCCCCCC)c2ccc(OCc3ccccc3)cc21. The molecule has 0 fully saturated rings. The summed E-state index contributed by atoms with van der Waals surface area (Å²) in [6.07, 6.45) is 11.3. The number of nitrogens with zero attached hydrogens (tertiary/aromatic N) is 1. The number of benzene rings is 2. The molecule has 3 rings (SSSR count).